The maximum atomic E-state index is 12.4. The topological polar surface area (TPSA) is 99.3 Å². The third-order valence-corrected chi connectivity index (χ3v) is 3.43. The van der Waals surface area contributed by atoms with Crippen molar-refractivity contribution in [2.75, 3.05) is 19.0 Å². The van der Waals surface area contributed by atoms with Gasteiger partial charge in [-0.1, -0.05) is 12.1 Å². The predicted octanol–water partition coefficient (Wildman–Crippen LogP) is 2.46. The lowest BCUT2D eigenvalue weighted by Crippen LogP contribution is -2.25. The first kappa shape index (κ1) is 17.0. The number of anilines is 1. The highest BCUT2D eigenvalue weighted by atomic mass is 16.6. The summed E-state index contributed by atoms with van der Waals surface area (Å²) < 4.78 is 0. The van der Waals surface area contributed by atoms with Gasteiger partial charge < -0.3 is 10.2 Å². The second kappa shape index (κ2) is 7.24. The van der Waals surface area contributed by atoms with Gasteiger partial charge in [0, 0.05) is 38.5 Å². The molecule has 0 saturated heterocycles. The van der Waals surface area contributed by atoms with E-state index in [0.29, 0.717) is 11.3 Å². The van der Waals surface area contributed by atoms with Gasteiger partial charge in [0.05, 0.1) is 22.1 Å². The van der Waals surface area contributed by atoms with Crippen molar-refractivity contribution < 1.29 is 9.72 Å². The molecule has 7 nitrogen and oxygen atoms in total. The monoisotopic (exact) mass is 324 g/mol. The van der Waals surface area contributed by atoms with E-state index < -0.39 is 10.8 Å². The fourth-order valence-electron chi connectivity index (χ4n) is 2.24. The van der Waals surface area contributed by atoms with Gasteiger partial charge in [0.1, 0.15) is 0 Å². The number of carbonyl (C=O) groups excluding carboxylic acids is 1. The number of benzene rings is 2. The Morgan fingerprint density at radius 1 is 1.29 bits per heavy atom. The summed E-state index contributed by atoms with van der Waals surface area (Å²) in [7, 11) is 3.52. The average Bonchev–Trinajstić information content (AvgIpc) is 2.59. The van der Waals surface area contributed by atoms with Crippen LogP contribution in [0.3, 0.4) is 0 Å². The van der Waals surface area contributed by atoms with Crippen molar-refractivity contribution in [1.82, 2.24) is 5.32 Å². The molecular weight excluding hydrogens is 308 g/mol. The van der Waals surface area contributed by atoms with Crippen LogP contribution in [0, 0.1) is 21.4 Å². The Labute approximate surface area is 139 Å². The largest absolute Gasteiger partial charge is 0.377 e. The standard InChI is InChI=1S/C17H16N4O3/c1-20(2)16-7-6-14(21(23)24)9-15(16)17(22)19-11-13-5-3-4-12(8-13)10-18/h3-9H,11H2,1-2H3,(H,19,22). The average molecular weight is 324 g/mol. The molecule has 1 amide bonds. The number of nitriles is 1. The molecule has 0 aliphatic carbocycles. The Morgan fingerprint density at radius 2 is 2.04 bits per heavy atom. The highest BCUT2D eigenvalue weighted by Gasteiger charge is 2.17. The molecule has 24 heavy (non-hydrogen) atoms. The minimum absolute atomic E-state index is 0.141. The maximum Gasteiger partial charge on any atom is 0.270 e. The first-order valence-electron chi connectivity index (χ1n) is 7.15. The van der Waals surface area contributed by atoms with Gasteiger partial charge in [-0.3, -0.25) is 14.9 Å². The summed E-state index contributed by atoms with van der Waals surface area (Å²) >= 11 is 0. The molecule has 0 aliphatic heterocycles. The summed E-state index contributed by atoms with van der Waals surface area (Å²) in [5.41, 5.74) is 1.96. The van der Waals surface area contributed by atoms with Crippen LogP contribution < -0.4 is 10.2 Å². The third-order valence-electron chi connectivity index (χ3n) is 3.43. The fraction of sp³-hybridized carbons (Fsp3) is 0.176. The normalized spacial score (nSPS) is 9.88. The van der Waals surface area contributed by atoms with E-state index in [1.807, 2.05) is 6.07 Å². The Hall–Kier alpha value is -3.40. The van der Waals surface area contributed by atoms with Crippen molar-refractivity contribution >= 4 is 17.3 Å². The van der Waals surface area contributed by atoms with Crippen LogP contribution in [0.15, 0.2) is 42.5 Å². The first-order valence-corrected chi connectivity index (χ1v) is 7.15. The molecule has 7 heteroatoms. The molecule has 0 aliphatic rings. The molecule has 0 saturated carbocycles. The molecule has 2 aromatic rings. The number of hydrogen-bond acceptors (Lipinski definition) is 5. The molecule has 0 bridgehead atoms. The van der Waals surface area contributed by atoms with Crippen molar-refractivity contribution in [3.05, 3.63) is 69.3 Å². The Morgan fingerprint density at radius 3 is 2.67 bits per heavy atom. The maximum absolute atomic E-state index is 12.4. The van der Waals surface area contributed by atoms with E-state index in [1.165, 1.54) is 12.1 Å². The number of carbonyl (C=O) groups is 1. The number of nitro benzene ring substituents is 1. The Balaban J connectivity index is 2.23. The lowest BCUT2D eigenvalue weighted by atomic mass is 10.1. The number of nitro groups is 1. The summed E-state index contributed by atoms with van der Waals surface area (Å²) in [6.07, 6.45) is 0. The Kier molecular flexibility index (Phi) is 5.12. The Bertz CT molecular complexity index is 825. The van der Waals surface area contributed by atoms with Gasteiger partial charge in [0.2, 0.25) is 0 Å². The van der Waals surface area contributed by atoms with Gasteiger partial charge in [0.15, 0.2) is 0 Å². The lowest BCUT2D eigenvalue weighted by Gasteiger charge is -2.17. The molecule has 2 rings (SSSR count). The SMILES string of the molecule is CN(C)c1ccc([N+](=O)[O-])cc1C(=O)NCc1cccc(C#N)c1. The number of hydrogen-bond donors (Lipinski definition) is 1. The van der Waals surface area contributed by atoms with Crippen LogP contribution in [-0.2, 0) is 6.54 Å². The van der Waals surface area contributed by atoms with Crippen molar-refractivity contribution in [2.24, 2.45) is 0 Å². The second-order valence-electron chi connectivity index (χ2n) is 5.35. The van der Waals surface area contributed by atoms with E-state index in [9.17, 15) is 14.9 Å². The van der Waals surface area contributed by atoms with Gasteiger partial charge in [-0.25, -0.2) is 0 Å². The molecule has 0 unspecified atom stereocenters. The molecule has 0 radical (unpaired) electrons. The lowest BCUT2D eigenvalue weighted by molar-refractivity contribution is -0.384. The molecule has 122 valence electrons. The fourth-order valence-corrected chi connectivity index (χ4v) is 2.24. The van der Waals surface area contributed by atoms with Crippen LogP contribution in [0.2, 0.25) is 0 Å². The summed E-state index contributed by atoms with van der Waals surface area (Å²) in [5.74, 6) is -0.412. The molecule has 0 fully saturated rings. The van der Waals surface area contributed by atoms with Crippen molar-refractivity contribution in [3.63, 3.8) is 0 Å². The van der Waals surface area contributed by atoms with Crippen LogP contribution in [0.1, 0.15) is 21.5 Å². The van der Waals surface area contributed by atoms with E-state index in [0.717, 1.165) is 5.56 Å². The number of nitrogens with one attached hydrogen (secondary N) is 1. The van der Waals surface area contributed by atoms with Gasteiger partial charge in [-0.05, 0) is 23.8 Å². The minimum atomic E-state index is -0.535. The molecule has 0 aromatic heterocycles. The second-order valence-corrected chi connectivity index (χ2v) is 5.35. The van der Waals surface area contributed by atoms with E-state index in [2.05, 4.69) is 5.32 Å². The van der Waals surface area contributed by atoms with Gasteiger partial charge in [0.25, 0.3) is 11.6 Å². The van der Waals surface area contributed by atoms with Crippen molar-refractivity contribution in [2.45, 2.75) is 6.54 Å². The minimum Gasteiger partial charge on any atom is -0.377 e. The molecule has 2 aromatic carbocycles. The van der Waals surface area contributed by atoms with Crippen molar-refractivity contribution in [1.29, 1.82) is 5.26 Å². The highest BCUT2D eigenvalue weighted by molar-refractivity contribution is 6.00. The van der Waals surface area contributed by atoms with Crippen molar-refractivity contribution in [3.8, 4) is 6.07 Å². The zero-order valence-corrected chi connectivity index (χ0v) is 13.3. The van der Waals surface area contributed by atoms with Gasteiger partial charge in [-0.15, -0.1) is 0 Å². The van der Waals surface area contributed by atoms with Crippen LogP contribution in [-0.4, -0.2) is 24.9 Å². The molecule has 0 heterocycles. The number of amides is 1. The van der Waals surface area contributed by atoms with E-state index in [-0.39, 0.29) is 17.8 Å². The molecule has 0 spiro atoms. The summed E-state index contributed by atoms with van der Waals surface area (Å²) in [4.78, 5) is 24.6. The molecule has 0 atom stereocenters. The van der Waals surface area contributed by atoms with Gasteiger partial charge >= 0.3 is 0 Å². The first-order chi connectivity index (χ1) is 11.4. The quantitative estimate of drug-likeness (QED) is 0.673. The number of non-ortho nitro benzene ring substituents is 1. The number of nitrogens with zero attached hydrogens (tertiary/aromatic N) is 3. The zero-order valence-electron chi connectivity index (χ0n) is 13.3. The van der Waals surface area contributed by atoms with Crippen LogP contribution >= 0.6 is 0 Å². The van der Waals surface area contributed by atoms with Gasteiger partial charge in [-0.2, -0.15) is 5.26 Å². The van der Waals surface area contributed by atoms with E-state index >= 15 is 0 Å². The smallest absolute Gasteiger partial charge is 0.270 e. The summed E-state index contributed by atoms with van der Waals surface area (Å²) in [5, 5.41) is 22.6. The van der Waals surface area contributed by atoms with Crippen LogP contribution in [0.5, 0.6) is 0 Å². The summed E-state index contributed by atoms with van der Waals surface area (Å²) in [6, 6.07) is 13.1. The van der Waals surface area contributed by atoms with Crippen LogP contribution in [0.4, 0.5) is 11.4 Å². The van der Waals surface area contributed by atoms with E-state index in [1.54, 1.807) is 49.3 Å². The molecular formula is C17H16N4O3. The predicted molar refractivity (Wildman–Crippen MR) is 89.8 cm³/mol. The summed E-state index contributed by atoms with van der Waals surface area (Å²) in [6.45, 7) is 0.226. The molecule has 1 N–H and O–H groups in total. The third kappa shape index (κ3) is 3.87. The number of rotatable bonds is 5. The van der Waals surface area contributed by atoms with Crippen LogP contribution in [0.25, 0.3) is 0 Å². The zero-order chi connectivity index (χ0) is 17.7. The van der Waals surface area contributed by atoms with E-state index in [4.69, 9.17) is 5.26 Å². The highest BCUT2D eigenvalue weighted by Crippen LogP contribution is 2.24.